The molecule has 1 fully saturated rings. The predicted molar refractivity (Wildman–Crippen MR) is 232 cm³/mol. The number of rotatable bonds is 10. The van der Waals surface area contributed by atoms with E-state index < -0.39 is 23.9 Å². The van der Waals surface area contributed by atoms with E-state index in [0.29, 0.717) is 11.1 Å². The number of aryl methyl sites for hydroxylation is 1. The van der Waals surface area contributed by atoms with E-state index in [1.807, 2.05) is 67.6 Å². The van der Waals surface area contributed by atoms with Crippen LogP contribution < -0.4 is 0 Å². The lowest BCUT2D eigenvalue weighted by Crippen LogP contribution is -2.11. The number of carboxylic acid groups (broad SMARTS) is 2. The molecule has 305 valence electrons. The average molecular weight is 919 g/mol. The maximum absolute atomic E-state index is 11.5. The number of carboxylic acids is 2. The summed E-state index contributed by atoms with van der Waals surface area (Å²) in [5, 5.41) is 27.3. The molecule has 3 N–H and O–H groups in total. The zero-order chi connectivity index (χ0) is 41.7. The van der Waals surface area contributed by atoms with Crippen molar-refractivity contribution < 1.29 is 49.0 Å². The first-order chi connectivity index (χ1) is 27.5. The van der Waals surface area contributed by atoms with Crippen LogP contribution in [0.4, 0.5) is 0 Å². The van der Waals surface area contributed by atoms with Gasteiger partial charge in [-0.15, -0.1) is 0 Å². The highest BCUT2D eigenvalue weighted by atomic mass is 79.9. The van der Waals surface area contributed by atoms with E-state index >= 15 is 0 Å². The Labute approximate surface area is 359 Å². The largest absolute Gasteiger partial charge is 0.481 e. The highest BCUT2D eigenvalue weighted by molar-refractivity contribution is 9.08. The maximum Gasteiger partial charge on any atom is 0.386 e. The van der Waals surface area contributed by atoms with Gasteiger partial charge in [0.05, 0.1) is 24.0 Å². The van der Waals surface area contributed by atoms with Crippen molar-refractivity contribution in [2.75, 3.05) is 19.8 Å². The molecule has 3 radical (unpaired) electrons. The van der Waals surface area contributed by atoms with E-state index in [1.54, 1.807) is 60.7 Å². The lowest BCUT2D eigenvalue weighted by molar-refractivity contribution is -0.187. The van der Waals surface area contributed by atoms with E-state index in [4.69, 9.17) is 20.1 Å². The fourth-order valence-electron chi connectivity index (χ4n) is 4.82. The maximum atomic E-state index is 11.5. The summed E-state index contributed by atoms with van der Waals surface area (Å²) >= 11 is 6.69. The first-order valence-corrected chi connectivity index (χ1v) is 20.3. The van der Waals surface area contributed by atoms with E-state index in [1.165, 1.54) is 24.0 Å². The number of hydrogen-bond donors (Lipinski definition) is 3. The van der Waals surface area contributed by atoms with Gasteiger partial charge in [-0.1, -0.05) is 147 Å². The zero-order valence-corrected chi connectivity index (χ0v) is 35.5. The Bertz CT molecular complexity index is 1860. The summed E-state index contributed by atoms with van der Waals surface area (Å²) in [6, 6.07) is 39.8. The Morgan fingerprint density at radius 2 is 0.966 bits per heavy atom. The molecule has 0 aromatic heterocycles. The minimum Gasteiger partial charge on any atom is -0.481 e. The second-order valence-corrected chi connectivity index (χ2v) is 13.4. The van der Waals surface area contributed by atoms with Gasteiger partial charge in [-0.05, 0) is 78.3 Å². The highest BCUT2D eigenvalue weighted by Crippen LogP contribution is 2.11. The number of alkyl halides is 2. The summed E-state index contributed by atoms with van der Waals surface area (Å²) in [5.41, 5.74) is 7.01. The Balaban J connectivity index is 0.000000377. The van der Waals surface area contributed by atoms with Crippen molar-refractivity contribution >= 4 is 64.2 Å². The molecule has 5 aromatic rings. The summed E-state index contributed by atoms with van der Waals surface area (Å²) in [5.74, 6) is -2.99. The number of halogens is 2. The van der Waals surface area contributed by atoms with Gasteiger partial charge in [0.25, 0.3) is 0 Å². The van der Waals surface area contributed by atoms with Crippen LogP contribution in [0.5, 0.6) is 0 Å². The van der Waals surface area contributed by atoms with Crippen LogP contribution in [0.3, 0.4) is 0 Å². The number of carbonyl (C=O) groups excluding carboxylic acids is 2. The smallest absolute Gasteiger partial charge is 0.386 e. The molecule has 0 bridgehead atoms. The van der Waals surface area contributed by atoms with Crippen LogP contribution in [0.25, 0.3) is 0 Å². The molecule has 1 saturated heterocycles. The van der Waals surface area contributed by atoms with Crippen LogP contribution >= 0.6 is 31.9 Å². The van der Waals surface area contributed by atoms with Gasteiger partial charge >= 0.3 is 23.9 Å². The molecule has 1 heterocycles. The van der Waals surface area contributed by atoms with Gasteiger partial charge < -0.3 is 20.1 Å². The summed E-state index contributed by atoms with van der Waals surface area (Å²) in [7, 11) is 0. The predicted octanol–water partition coefficient (Wildman–Crippen LogP) is 8.98. The summed E-state index contributed by atoms with van der Waals surface area (Å²) in [4.78, 5) is 52.5. The zero-order valence-electron chi connectivity index (χ0n) is 32.3. The second kappa shape index (κ2) is 31.0. The van der Waals surface area contributed by atoms with Crippen LogP contribution in [0.2, 0.25) is 0 Å². The molecule has 0 unspecified atom stereocenters. The molecule has 1 aliphatic heterocycles. The standard InChI is InChI=1S/C14H10O4.C9H9BrO2.C9H11BrO.C9H10O2.C4H8O.B/c15-13(11-7-3-1-4-8-11)17-18-14(16)12-9-5-2-6-10-12;10-6-8-3-1-2-7(4-8)5-9(11)12;10-7-9-3-1-2-8(6-9)4-5-11;1-7-3-2-4-8(5-7)6-9(10)11;1-2-4-5-3-1;/h1-10H;1-4H,5-6H2,(H,11,12);1-3,6,11H,4-5,7H2;2-5H,6H2,1H3,(H,10,11);1-4H2;. The number of aliphatic hydroxyl groups is 1. The molecule has 6 rings (SSSR count). The molecular formula is C45H48BBr2O10. The Morgan fingerprint density at radius 1 is 0.569 bits per heavy atom. The summed E-state index contributed by atoms with van der Waals surface area (Å²) in [6.07, 6.45) is 3.52. The number of aliphatic carboxylic acids is 2. The first kappa shape index (κ1) is 50.9. The van der Waals surface area contributed by atoms with Crippen LogP contribution in [0.15, 0.2) is 133 Å². The van der Waals surface area contributed by atoms with Crippen molar-refractivity contribution in [2.45, 2.75) is 49.7 Å². The minimum atomic E-state index is -0.790. The third-order valence-corrected chi connectivity index (χ3v) is 8.82. The quantitative estimate of drug-likeness (QED) is 0.0535. The van der Waals surface area contributed by atoms with Crippen molar-refractivity contribution in [1.82, 2.24) is 0 Å². The second-order valence-electron chi connectivity index (χ2n) is 12.3. The Kier molecular flexibility index (Phi) is 27.2. The molecule has 5 aromatic carbocycles. The molecule has 10 nitrogen and oxygen atoms in total. The summed E-state index contributed by atoms with van der Waals surface area (Å²) < 4.78 is 4.94. The Morgan fingerprint density at radius 3 is 1.34 bits per heavy atom. The number of benzene rings is 5. The van der Waals surface area contributed by atoms with Gasteiger partial charge in [0.15, 0.2) is 0 Å². The van der Waals surface area contributed by atoms with E-state index in [9.17, 15) is 19.2 Å². The highest BCUT2D eigenvalue weighted by Gasteiger charge is 2.13. The van der Waals surface area contributed by atoms with Gasteiger partial charge in [0, 0.05) is 38.9 Å². The lowest BCUT2D eigenvalue weighted by Gasteiger charge is -2.02. The number of aliphatic hydroxyl groups excluding tert-OH is 1. The fraction of sp³-hybridized carbons (Fsp3) is 0.244. The molecule has 0 atom stereocenters. The fourth-order valence-corrected chi connectivity index (χ4v) is 5.52. The van der Waals surface area contributed by atoms with Gasteiger partial charge in [-0.2, -0.15) is 0 Å². The SMILES string of the molecule is C1CCOC1.Cc1cccc(CC(=O)O)c1.O=C(O)Cc1cccc(CBr)c1.O=C(OOC(=O)c1ccccc1)c1ccccc1.OCCc1cccc(CBr)c1.[B]. The van der Waals surface area contributed by atoms with Crippen molar-refractivity contribution in [3.8, 4) is 0 Å². The van der Waals surface area contributed by atoms with Crippen LogP contribution in [0.1, 0.15) is 66.9 Å². The number of carbonyl (C=O) groups is 4. The molecule has 0 saturated carbocycles. The molecule has 13 heteroatoms. The lowest BCUT2D eigenvalue weighted by atomic mass is 10.1. The first-order valence-electron chi connectivity index (χ1n) is 18.0. The number of hydrogen-bond acceptors (Lipinski definition) is 8. The molecule has 0 amide bonds. The molecule has 0 spiro atoms. The molecule has 58 heavy (non-hydrogen) atoms. The van der Waals surface area contributed by atoms with Gasteiger partial charge in [-0.25, -0.2) is 19.4 Å². The van der Waals surface area contributed by atoms with Crippen molar-refractivity contribution in [3.05, 3.63) is 178 Å². The van der Waals surface area contributed by atoms with Gasteiger partial charge in [0.2, 0.25) is 0 Å². The molecular weight excluding hydrogens is 871 g/mol. The van der Waals surface area contributed by atoms with Crippen LogP contribution in [0, 0.1) is 6.92 Å². The van der Waals surface area contributed by atoms with E-state index in [2.05, 4.69) is 53.8 Å². The van der Waals surface area contributed by atoms with E-state index in [-0.39, 0.29) is 27.9 Å². The topological polar surface area (TPSA) is 157 Å². The summed E-state index contributed by atoms with van der Waals surface area (Å²) in [6.45, 7) is 4.18. The van der Waals surface area contributed by atoms with E-state index in [0.717, 1.165) is 52.5 Å². The normalized spacial score (nSPS) is 10.8. The third kappa shape index (κ3) is 23.2. The average Bonchev–Trinajstić information content (AvgIpc) is 3.82. The van der Waals surface area contributed by atoms with Crippen LogP contribution in [-0.4, -0.2) is 67.4 Å². The van der Waals surface area contributed by atoms with Crippen LogP contribution in [-0.2, 0) is 54.0 Å². The van der Waals surface area contributed by atoms with Crippen molar-refractivity contribution in [1.29, 1.82) is 0 Å². The third-order valence-electron chi connectivity index (χ3n) is 7.52. The minimum absolute atomic E-state index is 0. The molecule has 1 aliphatic rings. The van der Waals surface area contributed by atoms with Crippen molar-refractivity contribution in [2.24, 2.45) is 0 Å². The number of ether oxygens (including phenoxy) is 1. The van der Waals surface area contributed by atoms with Crippen molar-refractivity contribution in [3.63, 3.8) is 0 Å². The van der Waals surface area contributed by atoms with Gasteiger partial charge in [0.1, 0.15) is 0 Å². The van der Waals surface area contributed by atoms with Gasteiger partial charge in [-0.3, -0.25) is 9.59 Å². The molecule has 0 aliphatic carbocycles. The Hall–Kier alpha value is -5.08. The monoisotopic (exact) mass is 917 g/mol.